The Morgan fingerprint density at radius 2 is 1.57 bits per heavy atom. The summed E-state index contributed by atoms with van der Waals surface area (Å²) in [4.78, 5) is 35.7. The molecule has 0 aliphatic carbocycles. The topological polar surface area (TPSA) is 103 Å². The van der Waals surface area contributed by atoms with Crippen molar-refractivity contribution in [2.24, 2.45) is 0 Å². The average Bonchev–Trinajstić information content (AvgIpc) is 2.70. The van der Waals surface area contributed by atoms with Gasteiger partial charge in [-0.25, -0.2) is 4.79 Å². The molecule has 8 heteroatoms. The monoisotopic (exact) mass is 414 g/mol. The Hall–Kier alpha value is -3.55. The summed E-state index contributed by atoms with van der Waals surface area (Å²) in [6.45, 7) is 6.00. The number of carbonyl (C=O) groups is 3. The van der Waals surface area contributed by atoms with E-state index in [2.05, 4.69) is 10.6 Å². The van der Waals surface area contributed by atoms with E-state index in [1.807, 2.05) is 45.0 Å². The molecule has 0 saturated carbocycles. The van der Waals surface area contributed by atoms with Crippen molar-refractivity contribution in [3.8, 4) is 11.5 Å². The largest absolute Gasteiger partial charge is 0.490 e. The van der Waals surface area contributed by atoms with Crippen molar-refractivity contribution in [1.82, 2.24) is 5.32 Å². The number of ether oxygens (including phenoxy) is 3. The maximum Gasteiger partial charge on any atom is 0.325 e. The van der Waals surface area contributed by atoms with Gasteiger partial charge >= 0.3 is 12.0 Å². The van der Waals surface area contributed by atoms with Gasteiger partial charge in [-0.2, -0.15) is 0 Å². The van der Waals surface area contributed by atoms with Gasteiger partial charge in [-0.05, 0) is 38.5 Å². The van der Waals surface area contributed by atoms with Crippen molar-refractivity contribution in [1.29, 1.82) is 0 Å². The zero-order valence-corrected chi connectivity index (χ0v) is 17.3. The molecule has 2 rings (SSSR count). The highest BCUT2D eigenvalue weighted by molar-refractivity contribution is 6.02. The molecule has 0 radical (unpaired) electrons. The number of carbonyl (C=O) groups excluding carboxylic acids is 3. The molecule has 0 saturated heterocycles. The Morgan fingerprint density at radius 1 is 0.900 bits per heavy atom. The number of esters is 1. The molecule has 2 aromatic carbocycles. The van der Waals surface area contributed by atoms with E-state index in [4.69, 9.17) is 14.2 Å². The van der Waals surface area contributed by atoms with E-state index >= 15 is 0 Å². The number of nitrogens with one attached hydrogen (secondary N) is 2. The molecule has 0 aromatic heterocycles. The van der Waals surface area contributed by atoms with Gasteiger partial charge in [-0.3, -0.25) is 14.9 Å². The number of hydrogen-bond acceptors (Lipinski definition) is 6. The normalized spacial score (nSPS) is 10.1. The summed E-state index contributed by atoms with van der Waals surface area (Å²) in [5.74, 6) is -0.251. The molecule has 0 heterocycles. The van der Waals surface area contributed by atoms with Crippen molar-refractivity contribution >= 4 is 23.6 Å². The van der Waals surface area contributed by atoms with Gasteiger partial charge in [0.15, 0.2) is 18.1 Å². The summed E-state index contributed by atoms with van der Waals surface area (Å²) in [5, 5.41) is 4.63. The SMILES string of the molecule is CCOc1ccc(NC(=O)NC(=O)COC(=O)Cc2ccc(C)cc2)cc1OCC. The number of urea groups is 1. The Kier molecular flexibility index (Phi) is 8.68. The molecule has 0 aliphatic rings. The van der Waals surface area contributed by atoms with E-state index in [9.17, 15) is 14.4 Å². The minimum absolute atomic E-state index is 0.0478. The Balaban J connectivity index is 1.81. The minimum atomic E-state index is -0.749. The fraction of sp³-hybridized carbons (Fsp3) is 0.318. The van der Waals surface area contributed by atoms with E-state index in [1.165, 1.54) is 0 Å². The number of imide groups is 1. The van der Waals surface area contributed by atoms with Gasteiger partial charge < -0.3 is 19.5 Å². The van der Waals surface area contributed by atoms with Crippen LogP contribution >= 0.6 is 0 Å². The van der Waals surface area contributed by atoms with Crippen LogP contribution in [0.5, 0.6) is 11.5 Å². The summed E-state index contributed by atoms with van der Waals surface area (Å²) < 4.78 is 15.9. The second-order valence-corrected chi connectivity index (χ2v) is 6.35. The highest BCUT2D eigenvalue weighted by Crippen LogP contribution is 2.30. The van der Waals surface area contributed by atoms with Crippen molar-refractivity contribution in [3.05, 3.63) is 53.6 Å². The van der Waals surface area contributed by atoms with Crippen molar-refractivity contribution in [2.45, 2.75) is 27.2 Å². The van der Waals surface area contributed by atoms with E-state index in [1.54, 1.807) is 18.2 Å². The van der Waals surface area contributed by atoms with Gasteiger partial charge in [-0.15, -0.1) is 0 Å². The summed E-state index contributed by atoms with van der Waals surface area (Å²) in [7, 11) is 0. The highest BCUT2D eigenvalue weighted by Gasteiger charge is 2.13. The third-order valence-corrected chi connectivity index (χ3v) is 3.89. The van der Waals surface area contributed by atoms with E-state index in [-0.39, 0.29) is 6.42 Å². The molecule has 2 aromatic rings. The van der Waals surface area contributed by atoms with Crippen LogP contribution in [0.15, 0.2) is 42.5 Å². The predicted octanol–water partition coefficient (Wildman–Crippen LogP) is 3.23. The van der Waals surface area contributed by atoms with E-state index in [0.29, 0.717) is 30.4 Å². The first-order valence-corrected chi connectivity index (χ1v) is 9.63. The third-order valence-electron chi connectivity index (χ3n) is 3.89. The Labute approximate surface area is 175 Å². The van der Waals surface area contributed by atoms with Crippen LogP contribution in [0.3, 0.4) is 0 Å². The van der Waals surface area contributed by atoms with E-state index < -0.39 is 24.5 Å². The van der Waals surface area contributed by atoms with Crippen LogP contribution in [-0.2, 0) is 20.7 Å². The molecule has 0 atom stereocenters. The van der Waals surface area contributed by atoms with Crippen molar-refractivity contribution in [3.63, 3.8) is 0 Å². The predicted molar refractivity (Wildman–Crippen MR) is 112 cm³/mol. The first-order chi connectivity index (χ1) is 14.4. The number of aryl methyl sites for hydroxylation is 1. The lowest BCUT2D eigenvalue weighted by molar-refractivity contribution is -0.147. The molecule has 0 aliphatic heterocycles. The van der Waals surface area contributed by atoms with Crippen LogP contribution in [0, 0.1) is 6.92 Å². The Morgan fingerprint density at radius 3 is 2.23 bits per heavy atom. The number of benzene rings is 2. The van der Waals surface area contributed by atoms with Gasteiger partial charge in [0.2, 0.25) is 0 Å². The second kappa shape index (κ2) is 11.5. The molecule has 0 unspecified atom stereocenters. The molecule has 2 N–H and O–H groups in total. The summed E-state index contributed by atoms with van der Waals surface area (Å²) >= 11 is 0. The molecule has 0 bridgehead atoms. The van der Waals surface area contributed by atoms with Gasteiger partial charge in [-0.1, -0.05) is 29.8 Å². The van der Waals surface area contributed by atoms with E-state index in [0.717, 1.165) is 11.1 Å². The first-order valence-electron chi connectivity index (χ1n) is 9.63. The lowest BCUT2D eigenvalue weighted by Crippen LogP contribution is -2.37. The maximum absolute atomic E-state index is 12.0. The molecular weight excluding hydrogens is 388 g/mol. The quantitative estimate of drug-likeness (QED) is 0.611. The van der Waals surface area contributed by atoms with Gasteiger partial charge in [0.1, 0.15) is 0 Å². The third kappa shape index (κ3) is 7.46. The van der Waals surface area contributed by atoms with Crippen molar-refractivity contribution in [2.75, 3.05) is 25.1 Å². The first kappa shape index (κ1) is 22.7. The highest BCUT2D eigenvalue weighted by atomic mass is 16.5. The van der Waals surface area contributed by atoms with Crippen LogP contribution in [0.1, 0.15) is 25.0 Å². The number of rotatable bonds is 9. The fourth-order valence-electron chi connectivity index (χ4n) is 2.52. The molecule has 3 amide bonds. The molecule has 8 nitrogen and oxygen atoms in total. The average molecular weight is 414 g/mol. The van der Waals surface area contributed by atoms with Gasteiger partial charge in [0.25, 0.3) is 5.91 Å². The zero-order chi connectivity index (χ0) is 21.9. The molecule has 30 heavy (non-hydrogen) atoms. The number of anilines is 1. The Bertz CT molecular complexity index is 880. The van der Waals surface area contributed by atoms with Crippen LogP contribution in [0.4, 0.5) is 10.5 Å². The number of hydrogen-bond donors (Lipinski definition) is 2. The molecule has 160 valence electrons. The lowest BCUT2D eigenvalue weighted by atomic mass is 10.1. The summed E-state index contributed by atoms with van der Waals surface area (Å²) in [5.41, 5.74) is 2.28. The minimum Gasteiger partial charge on any atom is -0.490 e. The van der Waals surface area contributed by atoms with Gasteiger partial charge in [0.05, 0.1) is 19.6 Å². The summed E-state index contributed by atoms with van der Waals surface area (Å²) in [6.07, 6.45) is 0.0478. The van der Waals surface area contributed by atoms with Crippen LogP contribution in [-0.4, -0.2) is 37.7 Å². The second-order valence-electron chi connectivity index (χ2n) is 6.35. The molecular formula is C22H26N2O6. The zero-order valence-electron chi connectivity index (χ0n) is 17.3. The lowest BCUT2D eigenvalue weighted by Gasteiger charge is -2.13. The fourth-order valence-corrected chi connectivity index (χ4v) is 2.52. The summed E-state index contributed by atoms with van der Waals surface area (Å²) in [6, 6.07) is 11.5. The standard InChI is InChI=1S/C22H26N2O6/c1-4-28-18-11-10-17(13-19(18)29-5-2)23-22(27)24-20(25)14-30-21(26)12-16-8-6-15(3)7-9-16/h6-11,13H,4-5,12,14H2,1-3H3,(H2,23,24,25,27). The van der Waals surface area contributed by atoms with Crippen LogP contribution < -0.4 is 20.1 Å². The smallest absolute Gasteiger partial charge is 0.325 e. The molecule has 0 fully saturated rings. The van der Waals surface area contributed by atoms with Crippen LogP contribution in [0.2, 0.25) is 0 Å². The maximum atomic E-state index is 12.0. The molecule has 0 spiro atoms. The van der Waals surface area contributed by atoms with Crippen molar-refractivity contribution < 1.29 is 28.6 Å². The van der Waals surface area contributed by atoms with Crippen LogP contribution in [0.25, 0.3) is 0 Å². The number of amides is 3. The van der Waals surface area contributed by atoms with Gasteiger partial charge in [0, 0.05) is 11.8 Å².